The highest BCUT2D eigenvalue weighted by Crippen LogP contribution is 2.34. The molecule has 1 aromatic heterocycles. The Balaban J connectivity index is 2.16. The standard InChI is InChI=1S/C8H11NO4S/c10-3-4-5(11)6(12)7(13-4)8-9-1-2-14-8/h1-2,4-7,10-12H,3H2/t4-,5-,6-,7?/m0/s1. The second kappa shape index (κ2) is 3.92. The Morgan fingerprint density at radius 3 is 2.71 bits per heavy atom. The van der Waals surface area contributed by atoms with E-state index in [1.807, 2.05) is 0 Å². The van der Waals surface area contributed by atoms with Crippen LogP contribution in [0.5, 0.6) is 0 Å². The van der Waals surface area contributed by atoms with Gasteiger partial charge in [0.1, 0.15) is 29.4 Å². The van der Waals surface area contributed by atoms with Crippen molar-refractivity contribution >= 4 is 11.3 Å². The minimum Gasteiger partial charge on any atom is -0.394 e. The van der Waals surface area contributed by atoms with E-state index < -0.39 is 24.4 Å². The van der Waals surface area contributed by atoms with Crippen LogP contribution in [0.3, 0.4) is 0 Å². The summed E-state index contributed by atoms with van der Waals surface area (Å²) in [6.07, 6.45) is -1.80. The molecule has 2 rings (SSSR count). The minimum atomic E-state index is -1.05. The number of aromatic nitrogens is 1. The summed E-state index contributed by atoms with van der Waals surface area (Å²) in [5, 5.41) is 30.3. The highest BCUT2D eigenvalue weighted by atomic mass is 32.1. The van der Waals surface area contributed by atoms with E-state index >= 15 is 0 Å². The van der Waals surface area contributed by atoms with E-state index in [1.54, 1.807) is 11.6 Å². The number of aliphatic hydroxyl groups excluding tert-OH is 3. The summed E-state index contributed by atoms with van der Waals surface area (Å²) in [5.41, 5.74) is 0. The van der Waals surface area contributed by atoms with Gasteiger partial charge in [-0.2, -0.15) is 0 Å². The monoisotopic (exact) mass is 217 g/mol. The molecular formula is C8H11NO4S. The first-order chi connectivity index (χ1) is 6.74. The molecule has 1 aliphatic heterocycles. The van der Waals surface area contributed by atoms with Crippen molar-refractivity contribution in [2.24, 2.45) is 0 Å². The number of ether oxygens (including phenoxy) is 1. The van der Waals surface area contributed by atoms with Gasteiger partial charge in [0.2, 0.25) is 0 Å². The topological polar surface area (TPSA) is 82.8 Å². The summed E-state index contributed by atoms with van der Waals surface area (Å²) in [7, 11) is 0. The summed E-state index contributed by atoms with van der Waals surface area (Å²) in [4.78, 5) is 3.99. The number of aliphatic hydroxyl groups is 3. The SMILES string of the molecule is OC[C@@H]1OC(c2nccs2)[C@@H](O)[C@H]1O. The molecule has 0 spiro atoms. The number of thiazole rings is 1. The number of nitrogens with zero attached hydrogens (tertiary/aromatic N) is 1. The van der Waals surface area contributed by atoms with Crippen molar-refractivity contribution in [3.63, 3.8) is 0 Å². The van der Waals surface area contributed by atoms with Crippen LogP contribution in [0.1, 0.15) is 11.1 Å². The summed E-state index contributed by atoms with van der Waals surface area (Å²) >= 11 is 1.35. The van der Waals surface area contributed by atoms with E-state index in [2.05, 4.69) is 4.98 Å². The predicted octanol–water partition coefficient (Wildman–Crippen LogP) is -0.703. The van der Waals surface area contributed by atoms with Gasteiger partial charge in [0.25, 0.3) is 0 Å². The highest BCUT2D eigenvalue weighted by molar-refractivity contribution is 7.09. The number of hydrogen-bond donors (Lipinski definition) is 3. The molecule has 1 aliphatic rings. The molecule has 14 heavy (non-hydrogen) atoms. The van der Waals surface area contributed by atoms with E-state index in [0.29, 0.717) is 5.01 Å². The Hall–Kier alpha value is -0.530. The van der Waals surface area contributed by atoms with Gasteiger partial charge < -0.3 is 20.1 Å². The van der Waals surface area contributed by atoms with Crippen molar-refractivity contribution in [1.29, 1.82) is 0 Å². The zero-order valence-electron chi connectivity index (χ0n) is 7.28. The van der Waals surface area contributed by atoms with E-state index in [9.17, 15) is 10.2 Å². The van der Waals surface area contributed by atoms with Gasteiger partial charge in [-0.25, -0.2) is 4.98 Å². The van der Waals surface area contributed by atoms with Crippen LogP contribution in [0, 0.1) is 0 Å². The van der Waals surface area contributed by atoms with E-state index in [4.69, 9.17) is 9.84 Å². The Bertz CT molecular complexity index is 292. The third-order valence-corrected chi connectivity index (χ3v) is 3.07. The van der Waals surface area contributed by atoms with E-state index in [0.717, 1.165) is 0 Å². The Labute approximate surface area is 84.6 Å². The lowest BCUT2D eigenvalue weighted by Crippen LogP contribution is -2.32. The van der Waals surface area contributed by atoms with E-state index in [-0.39, 0.29) is 6.61 Å². The van der Waals surface area contributed by atoms with Crippen LogP contribution in [-0.2, 0) is 4.74 Å². The maximum atomic E-state index is 9.61. The molecule has 4 atom stereocenters. The molecule has 5 nitrogen and oxygen atoms in total. The summed E-state index contributed by atoms with van der Waals surface area (Å²) in [5.74, 6) is 0. The summed E-state index contributed by atoms with van der Waals surface area (Å²) in [6, 6.07) is 0. The minimum absolute atomic E-state index is 0.305. The van der Waals surface area contributed by atoms with Crippen LogP contribution in [0.25, 0.3) is 0 Å². The highest BCUT2D eigenvalue weighted by Gasteiger charge is 2.44. The van der Waals surface area contributed by atoms with Gasteiger partial charge in [-0.05, 0) is 0 Å². The van der Waals surface area contributed by atoms with Gasteiger partial charge in [-0.15, -0.1) is 11.3 Å². The molecule has 0 radical (unpaired) electrons. The van der Waals surface area contributed by atoms with Crippen LogP contribution in [0.2, 0.25) is 0 Å². The molecular weight excluding hydrogens is 206 g/mol. The first-order valence-corrected chi connectivity index (χ1v) is 5.14. The number of hydrogen-bond acceptors (Lipinski definition) is 6. The molecule has 3 N–H and O–H groups in total. The summed E-state index contributed by atoms with van der Waals surface area (Å²) in [6.45, 7) is -0.305. The molecule has 0 bridgehead atoms. The molecule has 1 saturated heterocycles. The molecule has 0 saturated carbocycles. The largest absolute Gasteiger partial charge is 0.394 e. The van der Waals surface area contributed by atoms with Gasteiger partial charge in [0.15, 0.2) is 0 Å². The fraction of sp³-hybridized carbons (Fsp3) is 0.625. The molecule has 0 aliphatic carbocycles. The zero-order valence-corrected chi connectivity index (χ0v) is 8.09. The molecule has 1 aromatic rings. The lowest BCUT2D eigenvalue weighted by atomic mass is 10.1. The average Bonchev–Trinajstić information content (AvgIpc) is 2.78. The molecule has 1 unspecified atom stereocenters. The summed E-state index contributed by atoms with van der Waals surface area (Å²) < 4.78 is 5.28. The van der Waals surface area contributed by atoms with Crippen LogP contribution < -0.4 is 0 Å². The third kappa shape index (κ3) is 1.55. The van der Waals surface area contributed by atoms with Gasteiger partial charge in [0, 0.05) is 11.6 Å². The van der Waals surface area contributed by atoms with Gasteiger partial charge in [-0.1, -0.05) is 0 Å². The van der Waals surface area contributed by atoms with Gasteiger partial charge in [-0.3, -0.25) is 0 Å². The molecule has 78 valence electrons. The van der Waals surface area contributed by atoms with Crippen molar-refractivity contribution in [2.75, 3.05) is 6.61 Å². The molecule has 0 amide bonds. The molecule has 2 heterocycles. The Morgan fingerprint density at radius 1 is 1.43 bits per heavy atom. The fourth-order valence-corrected chi connectivity index (χ4v) is 2.19. The van der Waals surface area contributed by atoms with Crippen molar-refractivity contribution in [3.8, 4) is 0 Å². The molecule has 1 fully saturated rings. The quantitative estimate of drug-likeness (QED) is 0.610. The van der Waals surface area contributed by atoms with Gasteiger partial charge in [0.05, 0.1) is 6.61 Å². The normalized spacial score (nSPS) is 37.6. The van der Waals surface area contributed by atoms with Crippen LogP contribution >= 0.6 is 11.3 Å². The Morgan fingerprint density at radius 2 is 2.21 bits per heavy atom. The maximum absolute atomic E-state index is 9.61. The zero-order chi connectivity index (χ0) is 10.1. The van der Waals surface area contributed by atoms with E-state index in [1.165, 1.54) is 11.3 Å². The molecule has 6 heteroatoms. The second-order valence-corrected chi connectivity index (χ2v) is 4.06. The Kier molecular flexibility index (Phi) is 2.80. The second-order valence-electron chi connectivity index (χ2n) is 3.13. The maximum Gasteiger partial charge on any atom is 0.138 e. The number of rotatable bonds is 2. The smallest absolute Gasteiger partial charge is 0.138 e. The van der Waals surface area contributed by atoms with Crippen LogP contribution in [-0.4, -0.2) is 45.2 Å². The van der Waals surface area contributed by atoms with Crippen LogP contribution in [0.4, 0.5) is 0 Å². The van der Waals surface area contributed by atoms with Crippen molar-refractivity contribution in [3.05, 3.63) is 16.6 Å². The first-order valence-electron chi connectivity index (χ1n) is 4.26. The van der Waals surface area contributed by atoms with Crippen molar-refractivity contribution < 1.29 is 20.1 Å². The lowest BCUT2D eigenvalue weighted by molar-refractivity contribution is -0.0228. The van der Waals surface area contributed by atoms with Gasteiger partial charge >= 0.3 is 0 Å². The van der Waals surface area contributed by atoms with Crippen molar-refractivity contribution in [1.82, 2.24) is 4.98 Å². The van der Waals surface area contributed by atoms with Crippen LogP contribution in [0.15, 0.2) is 11.6 Å². The predicted molar refractivity (Wildman–Crippen MR) is 48.8 cm³/mol. The average molecular weight is 217 g/mol. The fourth-order valence-electron chi connectivity index (χ4n) is 1.48. The molecule has 0 aromatic carbocycles. The lowest BCUT2D eigenvalue weighted by Gasteiger charge is -2.11. The first kappa shape index (κ1) is 10.0. The third-order valence-electron chi connectivity index (χ3n) is 2.24. The van der Waals surface area contributed by atoms with Crippen molar-refractivity contribution in [2.45, 2.75) is 24.4 Å².